The van der Waals surface area contributed by atoms with Crippen molar-refractivity contribution in [2.45, 2.75) is 45.6 Å². The van der Waals surface area contributed by atoms with Crippen LogP contribution in [0.2, 0.25) is 0 Å². The van der Waals surface area contributed by atoms with Crippen LogP contribution in [0.4, 0.5) is 0 Å². The van der Waals surface area contributed by atoms with Crippen molar-refractivity contribution >= 4 is 5.91 Å². The molecule has 0 aliphatic carbocycles. The zero-order chi connectivity index (χ0) is 16.8. The summed E-state index contributed by atoms with van der Waals surface area (Å²) in [7, 11) is 1.63. The molecular weight excluding hydrogens is 294 g/mol. The minimum absolute atomic E-state index is 0.0623. The van der Waals surface area contributed by atoms with Gasteiger partial charge in [0.15, 0.2) is 0 Å². The summed E-state index contributed by atoms with van der Waals surface area (Å²) >= 11 is 0. The Morgan fingerprint density at radius 1 is 1.22 bits per heavy atom. The third-order valence-corrected chi connectivity index (χ3v) is 3.51. The van der Waals surface area contributed by atoms with Crippen LogP contribution in [0, 0.1) is 0 Å². The summed E-state index contributed by atoms with van der Waals surface area (Å²) in [4.78, 5) is 12.1. The van der Waals surface area contributed by atoms with Gasteiger partial charge in [0, 0.05) is 12.3 Å². The number of ether oxygens (including phenoxy) is 1. The largest absolute Gasteiger partial charge is 0.496 e. The highest BCUT2D eigenvalue weighted by molar-refractivity contribution is 5.76. The molecule has 1 heterocycles. The molecule has 1 unspecified atom stereocenters. The third-order valence-electron chi connectivity index (χ3n) is 3.51. The number of aryl methyl sites for hydroxylation is 1. The minimum atomic E-state index is -0.305. The first-order valence-corrected chi connectivity index (χ1v) is 7.75. The van der Waals surface area contributed by atoms with Crippen LogP contribution in [0.5, 0.6) is 5.75 Å². The molecule has 23 heavy (non-hydrogen) atoms. The van der Waals surface area contributed by atoms with E-state index < -0.39 is 0 Å². The first kappa shape index (κ1) is 17.0. The van der Waals surface area contributed by atoms with Crippen molar-refractivity contribution in [2.24, 2.45) is 0 Å². The van der Waals surface area contributed by atoms with Gasteiger partial charge in [0.25, 0.3) is 0 Å². The molecule has 6 nitrogen and oxygen atoms in total. The average Bonchev–Trinajstić information content (AvgIpc) is 3.03. The molecule has 124 valence electrons. The Bertz CT molecular complexity index is 652. The maximum Gasteiger partial charge on any atom is 0.238 e. The molecule has 0 spiro atoms. The maximum atomic E-state index is 12.1. The van der Waals surface area contributed by atoms with Crippen LogP contribution in [-0.2, 0) is 11.2 Å². The first-order chi connectivity index (χ1) is 11.0. The van der Waals surface area contributed by atoms with Gasteiger partial charge >= 0.3 is 0 Å². The van der Waals surface area contributed by atoms with E-state index in [0.717, 1.165) is 11.3 Å². The van der Waals surface area contributed by atoms with Crippen LogP contribution in [0.15, 0.2) is 28.7 Å². The van der Waals surface area contributed by atoms with E-state index in [4.69, 9.17) is 9.15 Å². The van der Waals surface area contributed by atoms with Crippen molar-refractivity contribution in [3.05, 3.63) is 41.6 Å². The van der Waals surface area contributed by atoms with Crippen molar-refractivity contribution in [3.63, 3.8) is 0 Å². The van der Waals surface area contributed by atoms with Crippen molar-refractivity contribution < 1.29 is 13.9 Å². The number of methoxy groups -OCH3 is 1. The van der Waals surface area contributed by atoms with E-state index in [9.17, 15) is 4.79 Å². The zero-order valence-corrected chi connectivity index (χ0v) is 14.0. The van der Waals surface area contributed by atoms with Crippen LogP contribution < -0.4 is 10.1 Å². The summed E-state index contributed by atoms with van der Waals surface area (Å²) in [6.07, 6.45) is 0.986. The highest BCUT2D eigenvalue weighted by Crippen LogP contribution is 2.19. The average molecular weight is 317 g/mol. The molecule has 1 amide bonds. The van der Waals surface area contributed by atoms with E-state index in [1.807, 2.05) is 45.0 Å². The Morgan fingerprint density at radius 2 is 1.91 bits per heavy atom. The van der Waals surface area contributed by atoms with Gasteiger partial charge in [-0.2, -0.15) is 0 Å². The molecule has 0 fully saturated rings. The lowest BCUT2D eigenvalue weighted by Gasteiger charge is -2.11. The predicted molar refractivity (Wildman–Crippen MR) is 86.3 cm³/mol. The van der Waals surface area contributed by atoms with E-state index in [-0.39, 0.29) is 17.9 Å². The van der Waals surface area contributed by atoms with Gasteiger partial charge in [0.1, 0.15) is 11.8 Å². The molecule has 1 aromatic carbocycles. The molecule has 0 bridgehead atoms. The van der Waals surface area contributed by atoms with Crippen molar-refractivity contribution in [1.29, 1.82) is 0 Å². The molecule has 2 aromatic rings. The van der Waals surface area contributed by atoms with Crippen molar-refractivity contribution in [1.82, 2.24) is 15.5 Å². The lowest BCUT2D eigenvalue weighted by Crippen LogP contribution is -2.27. The van der Waals surface area contributed by atoms with Crippen molar-refractivity contribution in [2.75, 3.05) is 7.11 Å². The van der Waals surface area contributed by atoms with E-state index >= 15 is 0 Å². The molecule has 0 saturated carbocycles. The second kappa shape index (κ2) is 7.76. The number of hydrogen-bond donors (Lipinski definition) is 1. The van der Waals surface area contributed by atoms with Crippen LogP contribution in [0.1, 0.15) is 56.5 Å². The molecule has 0 aliphatic heterocycles. The zero-order valence-electron chi connectivity index (χ0n) is 14.0. The molecule has 0 radical (unpaired) electrons. The second-order valence-electron chi connectivity index (χ2n) is 5.73. The summed E-state index contributed by atoms with van der Waals surface area (Å²) in [6, 6.07) is 7.39. The van der Waals surface area contributed by atoms with Gasteiger partial charge in [-0.25, -0.2) is 0 Å². The predicted octanol–water partition coefficient (Wildman–Crippen LogP) is 3.01. The fraction of sp³-hybridized carbons (Fsp3) is 0.471. The molecule has 6 heteroatoms. The number of nitrogens with one attached hydrogen (secondary N) is 1. The van der Waals surface area contributed by atoms with Gasteiger partial charge in [-0.3, -0.25) is 4.79 Å². The number of carbonyl (C=O) groups excluding carboxylic acids is 1. The number of carbonyl (C=O) groups is 1. The maximum absolute atomic E-state index is 12.1. The molecule has 1 aromatic heterocycles. The fourth-order valence-electron chi connectivity index (χ4n) is 2.19. The minimum Gasteiger partial charge on any atom is -0.496 e. The lowest BCUT2D eigenvalue weighted by atomic mass is 10.1. The van der Waals surface area contributed by atoms with E-state index in [1.54, 1.807) is 7.11 Å². The highest BCUT2D eigenvalue weighted by Gasteiger charge is 2.17. The van der Waals surface area contributed by atoms with E-state index in [1.165, 1.54) is 0 Å². The molecule has 0 saturated heterocycles. The normalized spacial score (nSPS) is 12.2. The van der Waals surface area contributed by atoms with Crippen LogP contribution >= 0.6 is 0 Å². The standard InChI is InChI=1S/C17H23N3O3/c1-11(2)16-19-20-17(23-16)12(3)18-15(21)10-9-13-7-5-6-8-14(13)22-4/h5-8,11-12H,9-10H2,1-4H3,(H,18,21). The molecule has 0 aliphatic rings. The Hall–Kier alpha value is -2.37. The van der Waals surface area contributed by atoms with Gasteiger partial charge in [0.2, 0.25) is 17.7 Å². The summed E-state index contributed by atoms with van der Waals surface area (Å²) in [5, 5.41) is 10.8. The van der Waals surface area contributed by atoms with Gasteiger partial charge < -0.3 is 14.5 Å². The number of rotatable bonds is 7. The number of hydrogen-bond acceptors (Lipinski definition) is 5. The molecule has 2 rings (SSSR count). The number of aromatic nitrogens is 2. The van der Waals surface area contributed by atoms with Crippen LogP contribution in [0.25, 0.3) is 0 Å². The summed E-state index contributed by atoms with van der Waals surface area (Å²) in [6.45, 7) is 5.79. The first-order valence-electron chi connectivity index (χ1n) is 7.75. The number of para-hydroxylation sites is 1. The third kappa shape index (κ3) is 4.55. The number of nitrogens with zero attached hydrogens (tertiary/aromatic N) is 2. The van der Waals surface area contributed by atoms with E-state index in [2.05, 4.69) is 15.5 Å². The van der Waals surface area contributed by atoms with E-state index in [0.29, 0.717) is 24.6 Å². The number of benzene rings is 1. The fourth-order valence-corrected chi connectivity index (χ4v) is 2.19. The highest BCUT2D eigenvalue weighted by atomic mass is 16.5. The molecule has 1 atom stereocenters. The SMILES string of the molecule is COc1ccccc1CCC(=O)NC(C)c1nnc(C(C)C)o1. The Balaban J connectivity index is 1.88. The van der Waals surface area contributed by atoms with Crippen LogP contribution in [0.3, 0.4) is 0 Å². The van der Waals surface area contributed by atoms with Crippen LogP contribution in [-0.4, -0.2) is 23.2 Å². The topological polar surface area (TPSA) is 77.2 Å². The van der Waals surface area contributed by atoms with Gasteiger partial charge in [-0.05, 0) is 25.0 Å². The summed E-state index contributed by atoms with van der Waals surface area (Å²) < 4.78 is 10.8. The smallest absolute Gasteiger partial charge is 0.238 e. The van der Waals surface area contributed by atoms with Gasteiger partial charge in [-0.1, -0.05) is 32.0 Å². The lowest BCUT2D eigenvalue weighted by molar-refractivity contribution is -0.121. The number of amides is 1. The Morgan fingerprint density at radius 3 is 2.57 bits per heavy atom. The van der Waals surface area contributed by atoms with Crippen molar-refractivity contribution in [3.8, 4) is 5.75 Å². The molecular formula is C17H23N3O3. The Labute approximate surface area is 136 Å². The Kier molecular flexibility index (Phi) is 5.73. The monoisotopic (exact) mass is 317 g/mol. The van der Waals surface area contributed by atoms with Gasteiger partial charge in [0.05, 0.1) is 7.11 Å². The summed E-state index contributed by atoms with van der Waals surface area (Å²) in [5.74, 6) is 1.92. The second-order valence-corrected chi connectivity index (χ2v) is 5.73. The molecule has 1 N–H and O–H groups in total. The summed E-state index contributed by atoms with van der Waals surface area (Å²) in [5.41, 5.74) is 1.01. The quantitative estimate of drug-likeness (QED) is 0.849. The van der Waals surface area contributed by atoms with Gasteiger partial charge in [-0.15, -0.1) is 10.2 Å².